The third-order valence-corrected chi connectivity index (χ3v) is 0.976. The number of primary amides is 1. The lowest BCUT2D eigenvalue weighted by Gasteiger charge is -1.90. The molecule has 0 aliphatic rings. The van der Waals surface area contributed by atoms with Crippen molar-refractivity contribution in [2.45, 2.75) is 0 Å². The molecule has 6 nitrogen and oxygen atoms in total. The van der Waals surface area contributed by atoms with E-state index in [1.165, 1.54) is 12.5 Å². The molecule has 0 saturated carbocycles. The number of nitrogens with zero attached hydrogens (tertiary/aromatic N) is 3. The molecular weight excluding hydrogens is 158 g/mol. The van der Waals surface area contributed by atoms with Crippen LogP contribution in [0.3, 0.4) is 0 Å². The predicted octanol–water partition coefficient (Wildman–Crippen LogP) is -0.521. The van der Waals surface area contributed by atoms with E-state index in [-0.39, 0.29) is 0 Å². The molecule has 0 radical (unpaired) electrons. The molecule has 1 aromatic heterocycles. The maximum atomic E-state index is 10.2. The molecule has 0 aliphatic heterocycles. The first-order valence-electron chi connectivity index (χ1n) is 3.13. The molecule has 0 aliphatic carbocycles. The molecule has 3 N–H and O–H groups in total. The first kappa shape index (κ1) is 8.12. The van der Waals surface area contributed by atoms with Crippen molar-refractivity contribution in [2.24, 2.45) is 10.8 Å². The topological polar surface area (TPSA) is 93.3 Å². The summed E-state index contributed by atoms with van der Waals surface area (Å²) >= 11 is 0. The number of urea groups is 1. The van der Waals surface area contributed by atoms with Crippen LogP contribution in [0.15, 0.2) is 23.7 Å². The molecule has 1 heterocycles. The van der Waals surface area contributed by atoms with E-state index in [1.807, 2.05) is 5.43 Å². The van der Waals surface area contributed by atoms with Gasteiger partial charge in [-0.2, -0.15) is 5.10 Å². The minimum Gasteiger partial charge on any atom is -0.350 e. The summed E-state index contributed by atoms with van der Waals surface area (Å²) in [6, 6.07) is 0.937. The van der Waals surface area contributed by atoms with E-state index in [4.69, 9.17) is 5.73 Å². The van der Waals surface area contributed by atoms with Gasteiger partial charge in [0.15, 0.2) is 0 Å². The van der Waals surface area contributed by atoms with E-state index in [9.17, 15) is 4.79 Å². The molecule has 2 amide bonds. The Morgan fingerprint density at radius 1 is 1.75 bits per heavy atom. The Morgan fingerprint density at radius 3 is 3.17 bits per heavy atom. The first-order chi connectivity index (χ1) is 5.79. The smallest absolute Gasteiger partial charge is 0.332 e. The molecule has 0 fully saturated rings. The number of carbonyl (C=O) groups excluding carboxylic acids is 1. The van der Waals surface area contributed by atoms with Crippen LogP contribution in [0.1, 0.15) is 5.69 Å². The zero-order valence-electron chi connectivity index (χ0n) is 6.14. The maximum absolute atomic E-state index is 10.2. The normalized spacial score (nSPS) is 10.0. The van der Waals surface area contributed by atoms with Crippen molar-refractivity contribution in [3.05, 3.63) is 24.3 Å². The molecule has 62 valence electrons. The lowest BCUT2D eigenvalue weighted by Crippen LogP contribution is -2.24. The van der Waals surface area contributed by atoms with Gasteiger partial charge in [0.25, 0.3) is 0 Å². The van der Waals surface area contributed by atoms with Gasteiger partial charge in [-0.15, -0.1) is 0 Å². The van der Waals surface area contributed by atoms with Gasteiger partial charge in [-0.1, -0.05) is 0 Å². The molecule has 0 spiro atoms. The van der Waals surface area contributed by atoms with Gasteiger partial charge >= 0.3 is 6.03 Å². The highest BCUT2D eigenvalue weighted by molar-refractivity contribution is 5.79. The lowest BCUT2D eigenvalue weighted by atomic mass is 10.4. The SMILES string of the molecule is NC(=O)N/N=C/c1ccncn1. The third kappa shape index (κ3) is 2.74. The summed E-state index contributed by atoms with van der Waals surface area (Å²) in [5.74, 6) is 0. The highest BCUT2D eigenvalue weighted by atomic mass is 16.2. The summed E-state index contributed by atoms with van der Waals surface area (Å²) in [7, 11) is 0. The predicted molar refractivity (Wildman–Crippen MR) is 42.3 cm³/mol. The van der Waals surface area contributed by atoms with Gasteiger partial charge in [0.2, 0.25) is 0 Å². The minimum atomic E-state index is -0.708. The van der Waals surface area contributed by atoms with E-state index in [2.05, 4.69) is 15.1 Å². The van der Waals surface area contributed by atoms with Crippen LogP contribution in [-0.4, -0.2) is 22.2 Å². The van der Waals surface area contributed by atoms with Crippen molar-refractivity contribution in [3.8, 4) is 0 Å². The van der Waals surface area contributed by atoms with Crippen LogP contribution >= 0.6 is 0 Å². The number of aromatic nitrogens is 2. The van der Waals surface area contributed by atoms with Crippen molar-refractivity contribution in [3.63, 3.8) is 0 Å². The Bertz CT molecular complexity index is 283. The van der Waals surface area contributed by atoms with Crippen LogP contribution in [0.5, 0.6) is 0 Å². The van der Waals surface area contributed by atoms with Gasteiger partial charge in [0.1, 0.15) is 6.33 Å². The summed E-state index contributed by atoms with van der Waals surface area (Å²) in [4.78, 5) is 17.7. The van der Waals surface area contributed by atoms with Crippen molar-refractivity contribution in [2.75, 3.05) is 0 Å². The van der Waals surface area contributed by atoms with Crippen molar-refractivity contribution in [1.29, 1.82) is 0 Å². The van der Waals surface area contributed by atoms with Gasteiger partial charge in [-0.05, 0) is 6.07 Å². The molecule has 0 aromatic carbocycles. The molecule has 0 atom stereocenters. The lowest BCUT2D eigenvalue weighted by molar-refractivity contribution is 0.249. The van der Waals surface area contributed by atoms with Crippen LogP contribution in [0.25, 0.3) is 0 Å². The number of nitrogens with two attached hydrogens (primary N) is 1. The van der Waals surface area contributed by atoms with Gasteiger partial charge < -0.3 is 5.73 Å². The Hall–Kier alpha value is -1.98. The van der Waals surface area contributed by atoms with Crippen molar-refractivity contribution >= 4 is 12.2 Å². The summed E-state index contributed by atoms with van der Waals surface area (Å²) in [6.07, 6.45) is 4.32. The summed E-state index contributed by atoms with van der Waals surface area (Å²) in [6.45, 7) is 0. The standard InChI is InChI=1S/C6H7N5O/c7-6(12)11-10-3-5-1-2-8-4-9-5/h1-4H,(H3,7,11,12)/b10-3+. The summed E-state index contributed by atoms with van der Waals surface area (Å²) < 4.78 is 0. The van der Waals surface area contributed by atoms with E-state index in [0.717, 1.165) is 0 Å². The fourth-order valence-corrected chi connectivity index (χ4v) is 0.539. The average molecular weight is 165 g/mol. The van der Waals surface area contributed by atoms with Crippen LogP contribution < -0.4 is 11.2 Å². The van der Waals surface area contributed by atoms with Crippen molar-refractivity contribution < 1.29 is 4.79 Å². The second kappa shape index (κ2) is 4.02. The number of hydrazone groups is 1. The van der Waals surface area contributed by atoms with Crippen LogP contribution in [-0.2, 0) is 0 Å². The van der Waals surface area contributed by atoms with E-state index < -0.39 is 6.03 Å². The number of hydrogen-bond acceptors (Lipinski definition) is 4. The second-order valence-corrected chi connectivity index (χ2v) is 1.87. The van der Waals surface area contributed by atoms with E-state index >= 15 is 0 Å². The van der Waals surface area contributed by atoms with Gasteiger partial charge in [0, 0.05) is 6.20 Å². The molecule has 12 heavy (non-hydrogen) atoms. The fraction of sp³-hybridized carbons (Fsp3) is 0. The molecule has 1 rings (SSSR count). The van der Waals surface area contributed by atoms with E-state index in [0.29, 0.717) is 5.69 Å². The molecule has 0 bridgehead atoms. The van der Waals surface area contributed by atoms with E-state index in [1.54, 1.807) is 12.3 Å². The first-order valence-corrected chi connectivity index (χ1v) is 3.13. The number of hydrogen-bond donors (Lipinski definition) is 2. The molecule has 1 aromatic rings. The number of amides is 2. The fourth-order valence-electron chi connectivity index (χ4n) is 0.539. The Kier molecular flexibility index (Phi) is 2.72. The molecule has 0 saturated heterocycles. The number of carbonyl (C=O) groups is 1. The number of rotatable bonds is 2. The Morgan fingerprint density at radius 2 is 2.58 bits per heavy atom. The second-order valence-electron chi connectivity index (χ2n) is 1.87. The van der Waals surface area contributed by atoms with Crippen LogP contribution in [0, 0.1) is 0 Å². The van der Waals surface area contributed by atoms with Crippen LogP contribution in [0.2, 0.25) is 0 Å². The highest BCUT2D eigenvalue weighted by Gasteiger charge is 1.86. The Balaban J connectivity index is 2.52. The summed E-state index contributed by atoms with van der Waals surface area (Å²) in [5.41, 5.74) is 7.40. The third-order valence-electron chi connectivity index (χ3n) is 0.976. The minimum absolute atomic E-state index is 0.596. The quantitative estimate of drug-likeness (QED) is 0.456. The molecular formula is C6H7N5O. The van der Waals surface area contributed by atoms with Crippen LogP contribution in [0.4, 0.5) is 4.79 Å². The zero-order valence-corrected chi connectivity index (χ0v) is 6.14. The molecule has 6 heteroatoms. The monoisotopic (exact) mass is 165 g/mol. The zero-order chi connectivity index (χ0) is 8.81. The molecule has 0 unspecified atom stereocenters. The van der Waals surface area contributed by atoms with Crippen molar-refractivity contribution in [1.82, 2.24) is 15.4 Å². The largest absolute Gasteiger partial charge is 0.350 e. The highest BCUT2D eigenvalue weighted by Crippen LogP contribution is 1.83. The maximum Gasteiger partial charge on any atom is 0.332 e. The summed E-state index contributed by atoms with van der Waals surface area (Å²) in [5, 5.41) is 3.50. The average Bonchev–Trinajstić information content (AvgIpc) is 2.05. The van der Waals surface area contributed by atoms with Gasteiger partial charge in [-0.3, -0.25) is 0 Å². The van der Waals surface area contributed by atoms with Gasteiger partial charge in [0.05, 0.1) is 11.9 Å². The number of nitrogens with one attached hydrogen (secondary N) is 1. The van der Waals surface area contributed by atoms with Gasteiger partial charge in [-0.25, -0.2) is 20.2 Å². The Labute approximate surface area is 68.5 Å².